The first kappa shape index (κ1) is 26.8. The number of carbonyl (C=O) groups excluding carboxylic acids is 1. The summed E-state index contributed by atoms with van der Waals surface area (Å²) >= 11 is 0. The van der Waals surface area contributed by atoms with Gasteiger partial charge in [-0.2, -0.15) is 0 Å². The summed E-state index contributed by atoms with van der Waals surface area (Å²) in [6, 6.07) is 0. The molecule has 0 rings (SSSR count). The van der Waals surface area contributed by atoms with E-state index in [2.05, 4.69) is 13.8 Å². The number of aliphatic hydroxyl groups is 3. The highest BCUT2D eigenvalue weighted by Crippen LogP contribution is 2.16. The third kappa shape index (κ3) is 12.3. The van der Waals surface area contributed by atoms with Gasteiger partial charge in [0.25, 0.3) is 0 Å². The van der Waals surface area contributed by atoms with E-state index in [9.17, 15) is 25.2 Å². The molecule has 0 aliphatic carbocycles. The van der Waals surface area contributed by atoms with Gasteiger partial charge in [-0.15, -0.1) is 0 Å². The van der Waals surface area contributed by atoms with Crippen LogP contribution in [0.4, 0.5) is 0 Å². The number of unbranched alkanes of at least 4 members (excludes halogenated alkanes) is 4. The molecule has 3 atom stereocenters. The van der Waals surface area contributed by atoms with E-state index in [1.165, 1.54) is 0 Å². The fourth-order valence-electron chi connectivity index (χ4n) is 3.43. The third-order valence-electron chi connectivity index (χ3n) is 4.95. The standard InChI is InChI=1S/C22H41NO5/c1-4-6-8-10-12-20(25)17-23(14-15-24,16-19(3)22(27)28)18-21(26)13-11-9-7-5-2/h10-13,19-21,24-26H,4-9,14-18H2,1-3H3/b12-10+,13-11+. The quantitative estimate of drug-likeness (QED) is 0.195. The van der Waals surface area contributed by atoms with Gasteiger partial charge < -0.3 is 29.7 Å². The van der Waals surface area contributed by atoms with Crippen molar-refractivity contribution in [3.05, 3.63) is 24.3 Å². The maximum atomic E-state index is 11.3. The SMILES string of the molecule is CCCC/C=C/C(O)C[N+](CCO)(CC(O)/C=C/CCCC)CC(C)C(=O)[O-]. The van der Waals surface area contributed by atoms with Gasteiger partial charge in [-0.25, -0.2) is 0 Å². The molecule has 0 spiro atoms. The fourth-order valence-corrected chi connectivity index (χ4v) is 3.43. The Kier molecular flexibility index (Phi) is 15.0. The highest BCUT2D eigenvalue weighted by Gasteiger charge is 2.33. The highest BCUT2D eigenvalue weighted by molar-refractivity contribution is 5.67. The molecule has 0 aromatic carbocycles. The third-order valence-corrected chi connectivity index (χ3v) is 4.95. The Bertz CT molecular complexity index is 438. The fraction of sp³-hybridized carbons (Fsp3) is 0.773. The van der Waals surface area contributed by atoms with E-state index in [1.807, 2.05) is 12.2 Å². The summed E-state index contributed by atoms with van der Waals surface area (Å²) in [6.45, 7) is 6.53. The van der Waals surface area contributed by atoms with Gasteiger partial charge >= 0.3 is 0 Å². The van der Waals surface area contributed by atoms with Crippen molar-refractivity contribution in [1.29, 1.82) is 0 Å². The Morgan fingerprint density at radius 2 is 1.43 bits per heavy atom. The Balaban J connectivity index is 5.29. The van der Waals surface area contributed by atoms with Crippen LogP contribution in [0.2, 0.25) is 0 Å². The van der Waals surface area contributed by atoms with Gasteiger partial charge in [0.2, 0.25) is 0 Å². The van der Waals surface area contributed by atoms with Gasteiger partial charge in [-0.1, -0.05) is 70.8 Å². The second kappa shape index (κ2) is 15.7. The number of aliphatic hydroxyl groups excluding tert-OH is 3. The summed E-state index contributed by atoms with van der Waals surface area (Å²) < 4.78 is 0.115. The Labute approximate surface area is 170 Å². The van der Waals surface area contributed by atoms with Crippen molar-refractivity contribution in [2.45, 2.75) is 71.5 Å². The van der Waals surface area contributed by atoms with Crippen LogP contribution >= 0.6 is 0 Å². The summed E-state index contributed by atoms with van der Waals surface area (Å²) in [4.78, 5) is 11.3. The van der Waals surface area contributed by atoms with Gasteiger partial charge in [0.05, 0.1) is 13.2 Å². The number of carboxylic acid groups (broad SMARTS) is 1. The average Bonchev–Trinajstić information content (AvgIpc) is 2.62. The van der Waals surface area contributed by atoms with E-state index in [1.54, 1.807) is 19.1 Å². The van der Waals surface area contributed by atoms with Gasteiger partial charge in [0.1, 0.15) is 31.8 Å². The van der Waals surface area contributed by atoms with Crippen LogP contribution in [-0.2, 0) is 4.79 Å². The zero-order valence-electron chi connectivity index (χ0n) is 17.9. The highest BCUT2D eigenvalue weighted by atomic mass is 16.4. The van der Waals surface area contributed by atoms with E-state index < -0.39 is 24.1 Å². The summed E-state index contributed by atoms with van der Waals surface area (Å²) in [7, 11) is 0. The van der Waals surface area contributed by atoms with E-state index in [-0.39, 0.29) is 37.3 Å². The molecule has 164 valence electrons. The Morgan fingerprint density at radius 1 is 0.964 bits per heavy atom. The lowest BCUT2D eigenvalue weighted by Crippen LogP contribution is -2.59. The van der Waals surface area contributed by atoms with E-state index in [0.717, 1.165) is 38.5 Å². The smallest absolute Gasteiger partial charge is 0.121 e. The summed E-state index contributed by atoms with van der Waals surface area (Å²) in [5, 5.41) is 41.8. The number of nitrogens with zero attached hydrogens (tertiary/aromatic N) is 1. The Hall–Kier alpha value is -1.21. The van der Waals surface area contributed by atoms with Crippen molar-refractivity contribution >= 4 is 5.97 Å². The number of hydrogen-bond acceptors (Lipinski definition) is 5. The van der Waals surface area contributed by atoms with E-state index >= 15 is 0 Å². The van der Waals surface area contributed by atoms with Crippen molar-refractivity contribution in [3.8, 4) is 0 Å². The van der Waals surface area contributed by atoms with Crippen molar-refractivity contribution in [2.24, 2.45) is 5.92 Å². The van der Waals surface area contributed by atoms with Crippen molar-refractivity contribution in [2.75, 3.05) is 32.8 Å². The van der Waals surface area contributed by atoms with Crippen LogP contribution in [0, 0.1) is 5.92 Å². The molecule has 0 aliphatic rings. The Morgan fingerprint density at radius 3 is 1.79 bits per heavy atom. The molecule has 0 saturated heterocycles. The predicted molar refractivity (Wildman–Crippen MR) is 110 cm³/mol. The predicted octanol–water partition coefficient (Wildman–Crippen LogP) is 1.40. The lowest BCUT2D eigenvalue weighted by Gasteiger charge is -2.42. The molecule has 0 aromatic heterocycles. The maximum Gasteiger partial charge on any atom is 0.121 e. The van der Waals surface area contributed by atoms with Crippen LogP contribution in [-0.4, -0.2) is 70.8 Å². The lowest BCUT2D eigenvalue weighted by molar-refractivity contribution is -0.934. The average molecular weight is 400 g/mol. The number of aliphatic carboxylic acids is 1. The monoisotopic (exact) mass is 399 g/mol. The number of allylic oxidation sites excluding steroid dienone is 2. The van der Waals surface area contributed by atoms with E-state index in [4.69, 9.17) is 0 Å². The molecule has 0 bridgehead atoms. The molecular formula is C22H41NO5. The topological polar surface area (TPSA) is 101 Å². The van der Waals surface area contributed by atoms with Crippen LogP contribution in [0.5, 0.6) is 0 Å². The molecule has 0 saturated carbocycles. The van der Waals surface area contributed by atoms with Crippen LogP contribution in [0.25, 0.3) is 0 Å². The molecule has 0 fully saturated rings. The first-order valence-electron chi connectivity index (χ1n) is 10.7. The minimum atomic E-state index is -1.17. The minimum absolute atomic E-state index is 0.115. The molecule has 0 aliphatic heterocycles. The largest absolute Gasteiger partial charge is 0.550 e. The van der Waals surface area contributed by atoms with Crippen molar-refractivity contribution in [1.82, 2.24) is 0 Å². The van der Waals surface area contributed by atoms with Gasteiger partial charge in [0.15, 0.2) is 0 Å². The van der Waals surface area contributed by atoms with Gasteiger partial charge in [0, 0.05) is 11.9 Å². The van der Waals surface area contributed by atoms with Gasteiger partial charge in [-0.3, -0.25) is 0 Å². The molecule has 0 radical (unpaired) electrons. The number of rotatable bonds is 17. The van der Waals surface area contributed by atoms with Crippen LogP contribution < -0.4 is 5.11 Å². The molecule has 0 aromatic rings. The van der Waals surface area contributed by atoms with Crippen LogP contribution in [0.3, 0.4) is 0 Å². The molecule has 6 heteroatoms. The van der Waals surface area contributed by atoms with Gasteiger partial charge in [-0.05, 0) is 12.8 Å². The zero-order chi connectivity index (χ0) is 21.4. The summed E-state index contributed by atoms with van der Waals surface area (Å²) in [5.74, 6) is -1.92. The minimum Gasteiger partial charge on any atom is -0.550 e. The van der Waals surface area contributed by atoms with Crippen LogP contribution in [0.1, 0.15) is 59.3 Å². The number of carboxylic acids is 1. The molecule has 0 amide bonds. The molecular weight excluding hydrogens is 358 g/mol. The van der Waals surface area contributed by atoms with Crippen molar-refractivity contribution in [3.63, 3.8) is 0 Å². The molecule has 3 unspecified atom stereocenters. The first-order valence-corrected chi connectivity index (χ1v) is 10.7. The molecule has 28 heavy (non-hydrogen) atoms. The number of carbonyl (C=O) groups is 1. The summed E-state index contributed by atoms with van der Waals surface area (Å²) in [5.41, 5.74) is 0. The lowest BCUT2D eigenvalue weighted by atomic mass is 10.1. The zero-order valence-corrected chi connectivity index (χ0v) is 17.9. The number of hydrogen-bond donors (Lipinski definition) is 3. The normalized spacial score (nSPS) is 17.6. The molecule has 6 nitrogen and oxygen atoms in total. The van der Waals surface area contributed by atoms with E-state index in [0.29, 0.717) is 0 Å². The second-order valence-corrected chi connectivity index (χ2v) is 7.83. The second-order valence-electron chi connectivity index (χ2n) is 7.83. The van der Waals surface area contributed by atoms with Crippen LogP contribution in [0.15, 0.2) is 24.3 Å². The maximum absolute atomic E-state index is 11.3. The van der Waals surface area contributed by atoms with Crippen molar-refractivity contribution < 1.29 is 29.7 Å². The first-order chi connectivity index (χ1) is 13.3. The number of quaternary nitrogens is 1. The molecule has 3 N–H and O–H groups in total. The summed E-state index contributed by atoms with van der Waals surface area (Å²) in [6.07, 6.45) is 11.8. The molecule has 0 heterocycles.